The van der Waals surface area contributed by atoms with E-state index in [1.54, 1.807) is 0 Å². The van der Waals surface area contributed by atoms with Gasteiger partial charge in [-0.05, 0) is 25.9 Å². The topological polar surface area (TPSA) is 12.0 Å². The van der Waals surface area contributed by atoms with Crippen molar-refractivity contribution in [2.24, 2.45) is 0 Å². The van der Waals surface area contributed by atoms with Gasteiger partial charge in [0.15, 0.2) is 0 Å². The number of hydrogen-bond acceptors (Lipinski definition) is 1. The lowest BCUT2D eigenvalue weighted by atomic mass is 10.4. The van der Waals surface area contributed by atoms with Gasteiger partial charge in [0.25, 0.3) is 0 Å². The molecule has 3 rings (SSSR count). The van der Waals surface area contributed by atoms with Crippen molar-refractivity contribution in [3.63, 3.8) is 0 Å². The molecule has 0 aromatic carbocycles. The molecule has 0 amide bonds. The van der Waals surface area contributed by atoms with E-state index in [1.807, 2.05) is 0 Å². The van der Waals surface area contributed by atoms with E-state index in [9.17, 15) is 0 Å². The van der Waals surface area contributed by atoms with Crippen LogP contribution in [0.15, 0.2) is 0 Å². The van der Waals surface area contributed by atoms with Gasteiger partial charge in [-0.1, -0.05) is 86.5 Å². The highest BCUT2D eigenvalue weighted by molar-refractivity contribution is 4.55. The largest absolute Gasteiger partial charge is 0.317 e. The summed E-state index contributed by atoms with van der Waals surface area (Å²) in [5, 5.41) is 3.22. The van der Waals surface area contributed by atoms with Crippen molar-refractivity contribution in [2.45, 2.75) is 99.3 Å². The van der Waals surface area contributed by atoms with Crippen LogP contribution in [0.4, 0.5) is 0 Å². The van der Waals surface area contributed by atoms with Crippen molar-refractivity contribution >= 4 is 0 Å². The molecule has 1 heteroatoms. The maximum atomic E-state index is 3.22. The van der Waals surface area contributed by atoms with Gasteiger partial charge in [-0.2, -0.15) is 0 Å². The molecule has 1 N–H and O–H groups in total. The monoisotopic (exact) mass is 259 g/mol. The zero-order valence-corrected chi connectivity index (χ0v) is 10.4. The normalized spacial score (nSPS) is 20.0. The molecule has 3 aliphatic rings. The Bertz CT molecular complexity index is 64.2. The second-order valence-electron chi connectivity index (χ2n) is 4.99. The van der Waals surface area contributed by atoms with Crippen LogP contribution in [-0.2, 0) is 0 Å². The average molecular weight is 260 g/mol. The van der Waals surface area contributed by atoms with E-state index in [0.29, 0.717) is 0 Å². The van der Waals surface area contributed by atoms with Gasteiger partial charge in [0.05, 0.1) is 0 Å². The third-order valence-electron chi connectivity index (χ3n) is 3.46. The molecule has 0 atom stereocenters. The first-order valence-electron chi connectivity index (χ1n) is 7.21. The van der Waals surface area contributed by atoms with E-state index in [-0.39, 0.29) is 22.3 Å². The van der Waals surface area contributed by atoms with E-state index in [4.69, 9.17) is 0 Å². The van der Waals surface area contributed by atoms with E-state index < -0.39 is 0 Å². The summed E-state index contributed by atoms with van der Waals surface area (Å²) in [6, 6.07) is 0. The molecular formula is C17H41N. The Morgan fingerprint density at radius 3 is 0.667 bits per heavy atom. The van der Waals surface area contributed by atoms with Gasteiger partial charge < -0.3 is 5.32 Å². The first-order chi connectivity index (χ1) is 7.50. The SMILES string of the molecule is C.C.C.C1CCCC1.C1CCCC1.C1CCNC1. The van der Waals surface area contributed by atoms with E-state index in [2.05, 4.69) is 5.32 Å². The lowest BCUT2D eigenvalue weighted by Gasteiger charge is -1.76. The van der Waals surface area contributed by atoms with Gasteiger partial charge in [0.2, 0.25) is 0 Å². The molecule has 0 aromatic rings. The molecule has 0 radical (unpaired) electrons. The lowest BCUT2D eigenvalue weighted by Crippen LogP contribution is -2.03. The second kappa shape index (κ2) is 19.3. The summed E-state index contributed by atoms with van der Waals surface area (Å²) in [5.41, 5.74) is 0. The first-order valence-corrected chi connectivity index (χ1v) is 7.21. The Hall–Kier alpha value is -0.0400. The Morgan fingerprint density at radius 2 is 0.556 bits per heavy atom. The molecule has 1 aliphatic heterocycles. The Morgan fingerprint density at radius 1 is 0.333 bits per heavy atom. The Labute approximate surface area is 118 Å². The Balaban J connectivity index is -0.000000173. The van der Waals surface area contributed by atoms with E-state index in [1.165, 1.54) is 90.1 Å². The van der Waals surface area contributed by atoms with Gasteiger partial charge in [-0.3, -0.25) is 0 Å². The minimum absolute atomic E-state index is 0. The second-order valence-corrected chi connectivity index (χ2v) is 4.99. The van der Waals surface area contributed by atoms with Gasteiger partial charge in [0.1, 0.15) is 0 Å². The van der Waals surface area contributed by atoms with Crippen molar-refractivity contribution in [3.05, 3.63) is 0 Å². The van der Waals surface area contributed by atoms with Gasteiger partial charge in [-0.25, -0.2) is 0 Å². The van der Waals surface area contributed by atoms with Crippen LogP contribution in [0, 0.1) is 0 Å². The van der Waals surface area contributed by atoms with Crippen LogP contribution >= 0.6 is 0 Å². The van der Waals surface area contributed by atoms with Crippen molar-refractivity contribution in [2.75, 3.05) is 13.1 Å². The maximum Gasteiger partial charge on any atom is -0.00484 e. The number of rotatable bonds is 0. The van der Waals surface area contributed by atoms with E-state index >= 15 is 0 Å². The van der Waals surface area contributed by atoms with E-state index in [0.717, 1.165) is 0 Å². The first kappa shape index (κ1) is 23.1. The lowest BCUT2D eigenvalue weighted by molar-refractivity contribution is 0.857. The van der Waals surface area contributed by atoms with Crippen LogP contribution in [0.25, 0.3) is 0 Å². The smallest absolute Gasteiger partial charge is 0.00484 e. The van der Waals surface area contributed by atoms with Crippen LogP contribution in [0.2, 0.25) is 0 Å². The number of hydrogen-bond donors (Lipinski definition) is 1. The highest BCUT2D eigenvalue weighted by Crippen LogP contribution is 2.15. The van der Waals surface area contributed by atoms with Gasteiger partial charge >= 0.3 is 0 Å². The van der Waals surface area contributed by atoms with Crippen LogP contribution in [-0.4, -0.2) is 13.1 Å². The summed E-state index contributed by atoms with van der Waals surface area (Å²) in [7, 11) is 0. The minimum Gasteiger partial charge on any atom is -0.317 e. The molecule has 2 aliphatic carbocycles. The molecule has 1 nitrogen and oxygen atoms in total. The molecule has 1 saturated heterocycles. The number of nitrogens with one attached hydrogen (secondary N) is 1. The van der Waals surface area contributed by atoms with Crippen molar-refractivity contribution < 1.29 is 0 Å². The fourth-order valence-corrected chi connectivity index (χ4v) is 2.39. The molecule has 1 heterocycles. The predicted molar refractivity (Wildman–Crippen MR) is 88.5 cm³/mol. The Kier molecular flexibility index (Phi) is 24.8. The van der Waals surface area contributed by atoms with Crippen LogP contribution < -0.4 is 5.32 Å². The molecule has 18 heavy (non-hydrogen) atoms. The predicted octanol–water partition coefficient (Wildman–Crippen LogP) is 6.18. The van der Waals surface area contributed by atoms with Crippen molar-refractivity contribution in [1.82, 2.24) is 5.32 Å². The summed E-state index contributed by atoms with van der Waals surface area (Å²) < 4.78 is 0. The minimum atomic E-state index is 0. The van der Waals surface area contributed by atoms with Crippen LogP contribution in [0.5, 0.6) is 0 Å². The standard InChI is InChI=1S/2C5H10.C4H9N.3CH4/c3*1-2-4-5-3-1;;;/h2*1-5H2;5H,1-4H2;3*1H4. The molecule has 0 unspecified atom stereocenters. The van der Waals surface area contributed by atoms with Crippen molar-refractivity contribution in [1.29, 1.82) is 0 Å². The summed E-state index contributed by atoms with van der Waals surface area (Å²) in [4.78, 5) is 0. The highest BCUT2D eigenvalue weighted by Gasteiger charge is 1.96. The third kappa shape index (κ3) is 16.0. The van der Waals surface area contributed by atoms with Gasteiger partial charge in [0, 0.05) is 0 Å². The molecule has 3 fully saturated rings. The summed E-state index contributed by atoms with van der Waals surface area (Å²) in [6.45, 7) is 2.50. The molecule has 2 saturated carbocycles. The quantitative estimate of drug-likeness (QED) is 0.548. The zero-order chi connectivity index (χ0) is 10.6. The van der Waals surface area contributed by atoms with Gasteiger partial charge in [-0.15, -0.1) is 0 Å². The molecule has 0 bridgehead atoms. The zero-order valence-electron chi connectivity index (χ0n) is 10.4. The summed E-state index contributed by atoms with van der Waals surface area (Å²) in [6.07, 6.45) is 17.8. The maximum absolute atomic E-state index is 3.22. The highest BCUT2D eigenvalue weighted by atomic mass is 14.9. The molecular weight excluding hydrogens is 218 g/mol. The molecule has 0 spiro atoms. The third-order valence-corrected chi connectivity index (χ3v) is 3.46. The van der Waals surface area contributed by atoms with Crippen LogP contribution in [0.1, 0.15) is 99.3 Å². The van der Waals surface area contributed by atoms with Crippen LogP contribution in [0.3, 0.4) is 0 Å². The summed E-state index contributed by atoms with van der Waals surface area (Å²) in [5.74, 6) is 0. The summed E-state index contributed by atoms with van der Waals surface area (Å²) >= 11 is 0. The fourth-order valence-electron chi connectivity index (χ4n) is 2.39. The van der Waals surface area contributed by atoms with Crippen molar-refractivity contribution in [3.8, 4) is 0 Å². The molecule has 0 aromatic heterocycles. The molecule has 114 valence electrons. The fraction of sp³-hybridized carbons (Fsp3) is 1.00. The average Bonchev–Trinajstić information content (AvgIpc) is 3.09.